The fraction of sp³-hybridized carbons (Fsp3) is 0.523. The Morgan fingerprint density at radius 3 is 2.38 bits per heavy atom. The average Bonchev–Trinajstić information content (AvgIpc) is 4.04. The highest BCUT2D eigenvalue weighted by Gasteiger charge is 2.62. The highest BCUT2D eigenvalue weighted by molar-refractivity contribution is 7.91. The van der Waals surface area contributed by atoms with E-state index in [0.717, 1.165) is 24.8 Å². The zero-order valence-electron chi connectivity index (χ0n) is 33.6. The number of sulfonamides is 1. The smallest absolute Gasteiger partial charge is 0.259 e. The number of likely N-dealkylation sites (tertiary alicyclic amines) is 2. The number of carbonyl (C=O) groups is 4. The number of hydrogen-bond acceptors (Lipinski definition) is 9. The second-order valence-electron chi connectivity index (χ2n) is 17.9. The van der Waals surface area contributed by atoms with Gasteiger partial charge < -0.3 is 24.6 Å². The van der Waals surface area contributed by atoms with E-state index in [4.69, 9.17) is 14.5 Å². The highest BCUT2D eigenvalue weighted by atomic mass is 32.2. The van der Waals surface area contributed by atoms with Gasteiger partial charge in [-0.3, -0.25) is 23.9 Å². The second kappa shape index (κ2) is 15.0. The third-order valence-electron chi connectivity index (χ3n) is 12.9. The van der Waals surface area contributed by atoms with Crippen LogP contribution in [0.4, 0.5) is 0 Å². The maximum atomic E-state index is 15.0. The number of aromatic nitrogens is 1. The number of methoxy groups -OCH3 is 1. The summed E-state index contributed by atoms with van der Waals surface area (Å²) in [5.74, 6) is -1.45. The van der Waals surface area contributed by atoms with Crippen molar-refractivity contribution in [1.29, 1.82) is 0 Å². The Kier molecular flexibility index (Phi) is 10.3. The molecule has 13 nitrogen and oxygen atoms in total. The van der Waals surface area contributed by atoms with Gasteiger partial charge in [0.15, 0.2) is 0 Å². The molecule has 8 rings (SSSR count). The van der Waals surface area contributed by atoms with Crippen molar-refractivity contribution in [2.45, 2.75) is 101 Å². The molecule has 2 N–H and O–H groups in total. The molecule has 0 spiro atoms. The summed E-state index contributed by atoms with van der Waals surface area (Å²) in [7, 11) is -2.31. The SMILES string of the molecule is C=C[C@@H]1C[C@]1(NC(=O)[C@@H]1C[C@@H](Oc2cc(-c3ccccc3)nc3cc(OC)ccc23)CN1C(=O)[C@@H](CC(=O)N1CC2CCC1C2)C(C)(C)C)C(=O)NS(=O)(=O)C1CC1. The van der Waals surface area contributed by atoms with Crippen LogP contribution in [0.15, 0.2) is 67.3 Å². The number of piperidine rings is 1. The van der Waals surface area contributed by atoms with Gasteiger partial charge in [0.1, 0.15) is 29.2 Å². The van der Waals surface area contributed by atoms with Crippen molar-refractivity contribution in [1.82, 2.24) is 24.8 Å². The third-order valence-corrected chi connectivity index (χ3v) is 14.7. The predicted molar refractivity (Wildman–Crippen MR) is 218 cm³/mol. The van der Waals surface area contributed by atoms with Gasteiger partial charge in [0.25, 0.3) is 5.91 Å². The molecule has 5 fully saturated rings. The first kappa shape index (κ1) is 39.8. The van der Waals surface area contributed by atoms with Gasteiger partial charge in [-0.05, 0) is 62.0 Å². The molecule has 7 atom stereocenters. The van der Waals surface area contributed by atoms with E-state index in [0.29, 0.717) is 53.4 Å². The summed E-state index contributed by atoms with van der Waals surface area (Å²) in [4.78, 5) is 65.4. The molecular weight excluding hydrogens is 759 g/mol. The molecule has 2 bridgehead atoms. The van der Waals surface area contributed by atoms with Crippen LogP contribution in [0, 0.1) is 23.2 Å². The molecule has 2 aliphatic heterocycles. The van der Waals surface area contributed by atoms with Gasteiger partial charge in [-0.25, -0.2) is 13.4 Å². The van der Waals surface area contributed by atoms with Crippen LogP contribution in [-0.2, 0) is 29.2 Å². The van der Waals surface area contributed by atoms with E-state index < -0.39 is 62.0 Å². The molecule has 2 saturated heterocycles. The monoisotopic (exact) mass is 811 g/mol. The Labute approximate surface area is 340 Å². The quantitative estimate of drug-likeness (QED) is 0.227. The van der Waals surface area contributed by atoms with Crippen LogP contribution in [0.5, 0.6) is 11.5 Å². The maximum absolute atomic E-state index is 15.0. The molecule has 3 saturated carbocycles. The number of rotatable bonds is 13. The van der Waals surface area contributed by atoms with Crippen LogP contribution in [0.3, 0.4) is 0 Å². The molecule has 0 radical (unpaired) electrons. The summed E-state index contributed by atoms with van der Waals surface area (Å²) < 4.78 is 40.1. The van der Waals surface area contributed by atoms with Crippen LogP contribution in [-0.4, -0.2) is 96.0 Å². The molecule has 2 unspecified atom stereocenters. The number of pyridine rings is 1. The van der Waals surface area contributed by atoms with E-state index in [2.05, 4.69) is 16.6 Å². The molecule has 1 aromatic heterocycles. The minimum Gasteiger partial charge on any atom is -0.497 e. The van der Waals surface area contributed by atoms with E-state index in [1.807, 2.05) is 80.3 Å². The minimum atomic E-state index is -3.90. The summed E-state index contributed by atoms with van der Waals surface area (Å²) in [6, 6.07) is 16.1. The van der Waals surface area contributed by atoms with Gasteiger partial charge in [0.05, 0.1) is 36.0 Å². The molecule has 308 valence electrons. The predicted octanol–water partition coefficient (Wildman–Crippen LogP) is 4.99. The number of hydrogen-bond donors (Lipinski definition) is 2. The molecule has 58 heavy (non-hydrogen) atoms. The first-order valence-electron chi connectivity index (χ1n) is 20.4. The van der Waals surface area contributed by atoms with E-state index in [9.17, 15) is 27.6 Å². The molecule has 3 heterocycles. The summed E-state index contributed by atoms with van der Waals surface area (Å²) in [6.07, 6.45) is 5.15. The first-order valence-corrected chi connectivity index (χ1v) is 22.0. The van der Waals surface area contributed by atoms with Crippen LogP contribution in [0.25, 0.3) is 22.2 Å². The summed E-state index contributed by atoms with van der Waals surface area (Å²) >= 11 is 0. The van der Waals surface area contributed by atoms with Crippen LogP contribution in [0.2, 0.25) is 0 Å². The fourth-order valence-corrected chi connectivity index (χ4v) is 10.6. The molecular formula is C44H53N5O8S. The lowest BCUT2D eigenvalue weighted by molar-refractivity contribution is -0.149. The normalized spacial score (nSPS) is 26.9. The number of benzene rings is 2. The molecule has 3 aliphatic carbocycles. The second-order valence-corrected chi connectivity index (χ2v) is 19.9. The summed E-state index contributed by atoms with van der Waals surface area (Å²) in [6.45, 7) is 10.4. The third kappa shape index (κ3) is 7.67. The van der Waals surface area contributed by atoms with Crippen LogP contribution in [0.1, 0.15) is 72.1 Å². The lowest BCUT2D eigenvalue weighted by atomic mass is 9.77. The number of fused-ring (bicyclic) bond motifs is 3. The van der Waals surface area contributed by atoms with E-state index >= 15 is 0 Å². The van der Waals surface area contributed by atoms with Gasteiger partial charge in [-0.2, -0.15) is 0 Å². The largest absolute Gasteiger partial charge is 0.497 e. The Morgan fingerprint density at radius 2 is 1.76 bits per heavy atom. The van der Waals surface area contributed by atoms with Gasteiger partial charge in [0, 0.05) is 54.4 Å². The zero-order chi connectivity index (χ0) is 41.1. The number of carbonyl (C=O) groups excluding carboxylic acids is 4. The van der Waals surface area contributed by atoms with Crippen molar-refractivity contribution in [3.05, 3.63) is 67.3 Å². The van der Waals surface area contributed by atoms with E-state index in [-0.39, 0.29) is 43.7 Å². The van der Waals surface area contributed by atoms with Crippen LogP contribution >= 0.6 is 0 Å². The molecule has 4 amide bonds. The molecule has 14 heteroatoms. The van der Waals surface area contributed by atoms with Gasteiger partial charge >= 0.3 is 0 Å². The Balaban J connectivity index is 1.11. The van der Waals surface area contributed by atoms with Gasteiger partial charge in [-0.15, -0.1) is 6.58 Å². The number of amides is 4. The van der Waals surface area contributed by atoms with Crippen molar-refractivity contribution in [2.24, 2.45) is 23.2 Å². The molecule has 2 aromatic carbocycles. The van der Waals surface area contributed by atoms with Crippen molar-refractivity contribution in [3.8, 4) is 22.8 Å². The lowest BCUT2D eigenvalue weighted by Crippen LogP contribution is -2.57. The Morgan fingerprint density at radius 1 is 1.00 bits per heavy atom. The van der Waals surface area contributed by atoms with E-state index in [1.165, 1.54) is 11.0 Å². The first-order chi connectivity index (χ1) is 27.6. The topological polar surface area (TPSA) is 164 Å². The standard InChI is InChI=1S/C44H53N5O8S/c1-6-28-23-44(28,42(53)47-58(54,55)32-15-16-32)46-40(51)37-20-31(25-49(37)41(52)34(43(2,3)4)21-39(50)48-24-26-12-13-29(48)18-26)57-38-22-35(27-10-8-7-9-11-27)45-36-19-30(56-5)14-17-33(36)38/h6-11,14,17,19,22,26,28-29,31-32,34,37H,1,12-13,15-16,18,20-21,23-25H2,2-5H3,(H,46,51)(H,47,53)/t26?,28-,29?,31-,34-,37+,44-/m1/s1. The number of nitrogens with one attached hydrogen (secondary N) is 2. The zero-order valence-corrected chi connectivity index (χ0v) is 34.4. The molecule has 5 aliphatic rings. The van der Waals surface area contributed by atoms with Gasteiger partial charge in [-0.1, -0.05) is 57.2 Å². The lowest BCUT2D eigenvalue weighted by Gasteiger charge is -2.36. The maximum Gasteiger partial charge on any atom is 0.259 e. The average molecular weight is 812 g/mol. The van der Waals surface area contributed by atoms with Gasteiger partial charge in [0.2, 0.25) is 27.7 Å². The Bertz CT molecular complexity index is 2260. The van der Waals surface area contributed by atoms with E-state index in [1.54, 1.807) is 7.11 Å². The fourth-order valence-electron chi connectivity index (χ4n) is 9.22. The minimum absolute atomic E-state index is 0.00306. The van der Waals surface area contributed by atoms with Crippen LogP contribution < -0.4 is 19.5 Å². The number of ether oxygens (including phenoxy) is 2. The molecule has 3 aromatic rings. The highest BCUT2D eigenvalue weighted by Crippen LogP contribution is 2.46. The number of nitrogens with zero attached hydrogens (tertiary/aromatic N) is 3. The van der Waals surface area contributed by atoms with Crippen molar-refractivity contribution >= 4 is 44.6 Å². The van der Waals surface area contributed by atoms with Crippen molar-refractivity contribution in [2.75, 3.05) is 20.2 Å². The van der Waals surface area contributed by atoms with Crippen molar-refractivity contribution < 1.29 is 37.1 Å². The summed E-state index contributed by atoms with van der Waals surface area (Å²) in [5, 5.41) is 2.96. The van der Waals surface area contributed by atoms with Crippen molar-refractivity contribution in [3.63, 3.8) is 0 Å². The Hall–Kier alpha value is -4.98. The summed E-state index contributed by atoms with van der Waals surface area (Å²) in [5.41, 5.74) is -0.00430.